The van der Waals surface area contributed by atoms with Crippen LogP contribution in [0.3, 0.4) is 0 Å². The second kappa shape index (κ2) is 12.7. The minimum atomic E-state index is 0.648. The second-order valence-electron chi connectivity index (χ2n) is 12.4. The van der Waals surface area contributed by atoms with Crippen LogP contribution >= 0.6 is 0 Å². The molecular formula is C46H30N4. The summed E-state index contributed by atoms with van der Waals surface area (Å²) < 4.78 is 0. The topological polar surface area (TPSA) is 51.6 Å². The fourth-order valence-electron chi connectivity index (χ4n) is 6.44. The number of benzene rings is 7. The number of hydrogen-bond donors (Lipinski definition) is 0. The highest BCUT2D eigenvalue weighted by molar-refractivity contribution is 5.91. The first-order valence-electron chi connectivity index (χ1n) is 16.7. The van der Waals surface area contributed by atoms with Gasteiger partial charge in [0.2, 0.25) is 0 Å². The molecule has 0 atom stereocenters. The SMILES string of the molecule is c1ccc(-c2nc(-c3ccccc3)nc(-c3ccc(-c4ccc5ccc(-c6ccc(-c7cnc8ccccc8c7)cc6)cc5c4)cc3)n2)cc1. The average molecular weight is 639 g/mol. The molecule has 4 heteroatoms. The Bertz CT molecular complexity index is 2560. The number of aromatic nitrogens is 4. The molecule has 0 radical (unpaired) electrons. The number of hydrogen-bond acceptors (Lipinski definition) is 4. The van der Waals surface area contributed by atoms with Gasteiger partial charge in [0.05, 0.1) is 5.52 Å². The summed E-state index contributed by atoms with van der Waals surface area (Å²) in [5.41, 5.74) is 10.8. The fourth-order valence-corrected chi connectivity index (χ4v) is 6.44. The summed E-state index contributed by atoms with van der Waals surface area (Å²) in [6, 6.07) is 61.1. The summed E-state index contributed by atoms with van der Waals surface area (Å²) in [6.45, 7) is 0. The summed E-state index contributed by atoms with van der Waals surface area (Å²) in [5, 5.41) is 3.55. The Kier molecular flexibility index (Phi) is 7.45. The molecule has 2 aromatic heterocycles. The minimum absolute atomic E-state index is 0.648. The molecule has 0 aliphatic carbocycles. The zero-order valence-corrected chi connectivity index (χ0v) is 27.1. The molecule has 0 saturated carbocycles. The van der Waals surface area contributed by atoms with E-state index < -0.39 is 0 Å². The third-order valence-electron chi connectivity index (χ3n) is 9.16. The summed E-state index contributed by atoms with van der Waals surface area (Å²) in [6.07, 6.45) is 1.95. The van der Waals surface area contributed by atoms with Crippen molar-refractivity contribution < 1.29 is 0 Å². The van der Waals surface area contributed by atoms with Crippen molar-refractivity contribution in [3.05, 3.63) is 182 Å². The van der Waals surface area contributed by atoms with E-state index in [4.69, 9.17) is 15.0 Å². The molecule has 0 bridgehead atoms. The summed E-state index contributed by atoms with van der Waals surface area (Å²) in [4.78, 5) is 19.3. The van der Waals surface area contributed by atoms with Gasteiger partial charge in [0.1, 0.15) is 0 Å². The zero-order chi connectivity index (χ0) is 33.3. The predicted molar refractivity (Wildman–Crippen MR) is 205 cm³/mol. The van der Waals surface area contributed by atoms with Crippen molar-refractivity contribution in [1.29, 1.82) is 0 Å². The largest absolute Gasteiger partial charge is 0.256 e. The maximum Gasteiger partial charge on any atom is 0.164 e. The second-order valence-corrected chi connectivity index (χ2v) is 12.4. The van der Waals surface area contributed by atoms with Gasteiger partial charge in [-0.3, -0.25) is 4.98 Å². The van der Waals surface area contributed by atoms with E-state index in [2.05, 4.69) is 108 Å². The lowest BCUT2D eigenvalue weighted by Gasteiger charge is -2.10. The Hall–Kier alpha value is -6.78. The molecule has 0 spiro atoms. The fraction of sp³-hybridized carbons (Fsp3) is 0. The lowest BCUT2D eigenvalue weighted by Crippen LogP contribution is -2.00. The summed E-state index contributed by atoms with van der Waals surface area (Å²) >= 11 is 0. The van der Waals surface area contributed by atoms with E-state index in [0.717, 1.165) is 49.8 Å². The van der Waals surface area contributed by atoms with Crippen LogP contribution in [0.2, 0.25) is 0 Å². The van der Waals surface area contributed by atoms with Crippen LogP contribution in [0.4, 0.5) is 0 Å². The lowest BCUT2D eigenvalue weighted by molar-refractivity contribution is 1.07. The zero-order valence-electron chi connectivity index (χ0n) is 27.1. The molecule has 0 fully saturated rings. The molecule has 0 unspecified atom stereocenters. The predicted octanol–water partition coefficient (Wildman–Crippen LogP) is 11.6. The van der Waals surface area contributed by atoms with E-state index in [1.54, 1.807) is 0 Å². The summed E-state index contributed by atoms with van der Waals surface area (Å²) in [5.74, 6) is 1.96. The van der Waals surface area contributed by atoms with Crippen molar-refractivity contribution in [2.24, 2.45) is 0 Å². The Morgan fingerprint density at radius 2 is 0.660 bits per heavy atom. The van der Waals surface area contributed by atoms with Crippen molar-refractivity contribution in [3.8, 4) is 67.5 Å². The van der Waals surface area contributed by atoms with Crippen molar-refractivity contribution in [3.63, 3.8) is 0 Å². The highest BCUT2D eigenvalue weighted by Crippen LogP contribution is 2.32. The molecule has 0 saturated heterocycles. The van der Waals surface area contributed by atoms with Gasteiger partial charge in [0.15, 0.2) is 17.5 Å². The Morgan fingerprint density at radius 1 is 0.260 bits per heavy atom. The standard InChI is InChI=1S/C46H30N4/c1-3-9-35(10-4-1)44-48-45(36-11-5-2-6-12-36)50-46(49-44)37-23-19-32(20-24-37)39-26-22-33-21-25-38(27-41(33)28-39)31-15-17-34(18-16-31)42-29-40-13-7-8-14-43(40)47-30-42/h1-30H. The molecule has 0 N–H and O–H groups in total. The maximum atomic E-state index is 4.89. The van der Waals surface area contributed by atoms with Crippen molar-refractivity contribution in [2.45, 2.75) is 0 Å². The van der Waals surface area contributed by atoms with E-state index in [1.807, 2.05) is 79.0 Å². The van der Waals surface area contributed by atoms with Crippen LogP contribution in [0, 0.1) is 0 Å². The maximum absolute atomic E-state index is 4.89. The van der Waals surface area contributed by atoms with Gasteiger partial charge in [-0.2, -0.15) is 0 Å². The number of para-hydroxylation sites is 1. The molecule has 9 aromatic rings. The molecule has 50 heavy (non-hydrogen) atoms. The lowest BCUT2D eigenvalue weighted by atomic mass is 9.96. The van der Waals surface area contributed by atoms with Crippen LogP contribution in [0.15, 0.2) is 182 Å². The molecule has 7 aromatic carbocycles. The van der Waals surface area contributed by atoms with Crippen LogP contribution in [-0.4, -0.2) is 19.9 Å². The van der Waals surface area contributed by atoms with Crippen molar-refractivity contribution in [1.82, 2.24) is 19.9 Å². The molecule has 0 aliphatic rings. The van der Waals surface area contributed by atoms with Gasteiger partial charge in [0.25, 0.3) is 0 Å². The number of nitrogens with zero attached hydrogens (tertiary/aromatic N) is 4. The molecule has 0 amide bonds. The van der Waals surface area contributed by atoms with Crippen molar-refractivity contribution in [2.75, 3.05) is 0 Å². The summed E-state index contributed by atoms with van der Waals surface area (Å²) in [7, 11) is 0. The van der Waals surface area contributed by atoms with Gasteiger partial charge < -0.3 is 0 Å². The molecule has 0 aliphatic heterocycles. The van der Waals surface area contributed by atoms with Gasteiger partial charge in [-0.15, -0.1) is 0 Å². The van der Waals surface area contributed by atoms with E-state index in [1.165, 1.54) is 21.9 Å². The monoisotopic (exact) mass is 638 g/mol. The number of fused-ring (bicyclic) bond motifs is 2. The first kappa shape index (κ1) is 29.4. The van der Waals surface area contributed by atoms with Crippen LogP contribution in [0.25, 0.3) is 89.2 Å². The van der Waals surface area contributed by atoms with Crippen LogP contribution in [-0.2, 0) is 0 Å². The quantitative estimate of drug-likeness (QED) is 0.182. The first-order chi connectivity index (χ1) is 24.7. The van der Waals surface area contributed by atoms with Crippen LogP contribution < -0.4 is 0 Å². The highest BCUT2D eigenvalue weighted by atomic mass is 15.0. The Labute approximate surface area is 290 Å². The first-order valence-corrected chi connectivity index (χ1v) is 16.7. The minimum Gasteiger partial charge on any atom is -0.256 e. The van der Waals surface area contributed by atoms with E-state index in [0.29, 0.717) is 17.5 Å². The third-order valence-corrected chi connectivity index (χ3v) is 9.16. The normalized spacial score (nSPS) is 11.2. The van der Waals surface area contributed by atoms with Gasteiger partial charge in [-0.05, 0) is 62.9 Å². The molecule has 2 heterocycles. The Balaban J connectivity index is 1.01. The van der Waals surface area contributed by atoms with E-state index in [-0.39, 0.29) is 0 Å². The highest BCUT2D eigenvalue weighted by Gasteiger charge is 2.13. The van der Waals surface area contributed by atoms with Gasteiger partial charge in [-0.1, -0.05) is 152 Å². The van der Waals surface area contributed by atoms with Crippen LogP contribution in [0.1, 0.15) is 0 Å². The third kappa shape index (κ3) is 5.80. The van der Waals surface area contributed by atoms with E-state index >= 15 is 0 Å². The Morgan fingerprint density at radius 3 is 1.20 bits per heavy atom. The molecule has 4 nitrogen and oxygen atoms in total. The average Bonchev–Trinajstić information content (AvgIpc) is 3.21. The number of pyridine rings is 1. The van der Waals surface area contributed by atoms with Gasteiger partial charge in [-0.25, -0.2) is 15.0 Å². The molecule has 9 rings (SSSR count). The number of rotatable bonds is 6. The van der Waals surface area contributed by atoms with E-state index in [9.17, 15) is 0 Å². The van der Waals surface area contributed by atoms with Gasteiger partial charge in [0, 0.05) is 33.8 Å². The van der Waals surface area contributed by atoms with Gasteiger partial charge >= 0.3 is 0 Å². The van der Waals surface area contributed by atoms with Crippen molar-refractivity contribution >= 4 is 21.7 Å². The molecule has 234 valence electrons. The molecular weight excluding hydrogens is 609 g/mol. The van der Waals surface area contributed by atoms with Crippen LogP contribution in [0.5, 0.6) is 0 Å². The smallest absolute Gasteiger partial charge is 0.164 e.